The second kappa shape index (κ2) is 9.19. The van der Waals surface area contributed by atoms with E-state index in [2.05, 4.69) is 9.97 Å². The summed E-state index contributed by atoms with van der Waals surface area (Å²) < 4.78 is 35.0. The van der Waals surface area contributed by atoms with Crippen molar-refractivity contribution in [2.45, 2.75) is 25.2 Å². The monoisotopic (exact) mass is 443 g/mol. The van der Waals surface area contributed by atoms with E-state index in [0.29, 0.717) is 37.0 Å². The summed E-state index contributed by atoms with van der Waals surface area (Å²) >= 11 is 0. The number of benzene rings is 2. The molecule has 1 heterocycles. The first-order valence-electron chi connectivity index (χ1n) is 9.65. The number of anilines is 2. The maximum absolute atomic E-state index is 11.6. The van der Waals surface area contributed by atoms with Crippen molar-refractivity contribution in [2.75, 3.05) is 24.7 Å². The third kappa shape index (κ3) is 5.22. The Balaban J connectivity index is 2.10. The SMILES string of the molecule is CCOc1cc(Cc2cnc(N)nc2N)cc(OCC)c1-c1ccc(S(N)(=O)=O)cc1. The number of ether oxygens (including phenoxy) is 2. The fourth-order valence-electron chi connectivity index (χ4n) is 3.17. The van der Waals surface area contributed by atoms with E-state index in [0.717, 1.165) is 22.3 Å². The smallest absolute Gasteiger partial charge is 0.238 e. The first-order chi connectivity index (χ1) is 14.7. The molecule has 0 bridgehead atoms. The summed E-state index contributed by atoms with van der Waals surface area (Å²) in [5, 5.41) is 5.21. The van der Waals surface area contributed by atoms with Gasteiger partial charge in [-0.05, 0) is 49.2 Å². The van der Waals surface area contributed by atoms with Gasteiger partial charge in [-0.1, -0.05) is 12.1 Å². The summed E-state index contributed by atoms with van der Waals surface area (Å²) in [5.74, 6) is 1.62. The molecule has 0 saturated carbocycles. The summed E-state index contributed by atoms with van der Waals surface area (Å²) in [6.07, 6.45) is 2.05. The topological polar surface area (TPSA) is 156 Å². The van der Waals surface area contributed by atoms with E-state index in [4.69, 9.17) is 26.1 Å². The molecule has 9 nitrogen and oxygen atoms in total. The van der Waals surface area contributed by atoms with Crippen molar-refractivity contribution in [1.29, 1.82) is 0 Å². The van der Waals surface area contributed by atoms with Crippen molar-refractivity contribution < 1.29 is 17.9 Å². The van der Waals surface area contributed by atoms with E-state index < -0.39 is 10.0 Å². The predicted octanol–water partition coefficient (Wildman–Crippen LogP) is 2.34. The lowest BCUT2D eigenvalue weighted by molar-refractivity contribution is 0.325. The van der Waals surface area contributed by atoms with Crippen molar-refractivity contribution in [3.05, 3.63) is 53.7 Å². The Kier molecular flexibility index (Phi) is 6.62. The molecule has 0 aliphatic heterocycles. The van der Waals surface area contributed by atoms with Crippen LogP contribution in [0.1, 0.15) is 25.0 Å². The molecule has 1 aromatic heterocycles. The third-order valence-electron chi connectivity index (χ3n) is 4.51. The van der Waals surface area contributed by atoms with Crippen LogP contribution in [0.4, 0.5) is 11.8 Å². The first kappa shape index (κ1) is 22.3. The van der Waals surface area contributed by atoms with Gasteiger partial charge in [0.25, 0.3) is 0 Å². The molecule has 0 aliphatic rings. The van der Waals surface area contributed by atoms with Gasteiger partial charge in [-0.3, -0.25) is 0 Å². The molecule has 0 unspecified atom stereocenters. The molecule has 0 aliphatic carbocycles. The average molecular weight is 444 g/mol. The lowest BCUT2D eigenvalue weighted by Crippen LogP contribution is -2.11. The van der Waals surface area contributed by atoms with Crippen molar-refractivity contribution in [2.24, 2.45) is 5.14 Å². The molecule has 0 atom stereocenters. The molecule has 6 N–H and O–H groups in total. The minimum Gasteiger partial charge on any atom is -0.493 e. The van der Waals surface area contributed by atoms with Gasteiger partial charge in [0.15, 0.2) is 0 Å². The molecule has 10 heteroatoms. The van der Waals surface area contributed by atoms with Gasteiger partial charge in [0.05, 0.1) is 23.7 Å². The molecule has 0 amide bonds. The normalized spacial score (nSPS) is 11.3. The summed E-state index contributed by atoms with van der Waals surface area (Å²) in [5.41, 5.74) is 14.6. The molecular weight excluding hydrogens is 418 g/mol. The highest BCUT2D eigenvalue weighted by Crippen LogP contribution is 2.41. The highest BCUT2D eigenvalue weighted by molar-refractivity contribution is 7.89. The minimum atomic E-state index is -3.79. The zero-order chi connectivity index (χ0) is 22.6. The number of nitrogens with zero attached hydrogens (tertiary/aromatic N) is 2. The van der Waals surface area contributed by atoms with Gasteiger partial charge in [-0.2, -0.15) is 4.98 Å². The van der Waals surface area contributed by atoms with Gasteiger partial charge in [0.2, 0.25) is 16.0 Å². The van der Waals surface area contributed by atoms with Crippen molar-refractivity contribution >= 4 is 21.8 Å². The average Bonchev–Trinajstić information content (AvgIpc) is 2.70. The van der Waals surface area contributed by atoms with Crippen LogP contribution in [-0.4, -0.2) is 31.6 Å². The quantitative estimate of drug-likeness (QED) is 0.479. The van der Waals surface area contributed by atoms with Crippen molar-refractivity contribution in [3.8, 4) is 22.6 Å². The van der Waals surface area contributed by atoms with Gasteiger partial charge in [0.1, 0.15) is 17.3 Å². The van der Waals surface area contributed by atoms with Crippen molar-refractivity contribution in [1.82, 2.24) is 9.97 Å². The van der Waals surface area contributed by atoms with E-state index in [1.807, 2.05) is 26.0 Å². The summed E-state index contributed by atoms with van der Waals surface area (Å²) in [6, 6.07) is 10.0. The Bertz CT molecular complexity index is 1150. The second-order valence-corrected chi connectivity index (χ2v) is 8.28. The van der Waals surface area contributed by atoms with Gasteiger partial charge in [-0.15, -0.1) is 0 Å². The zero-order valence-electron chi connectivity index (χ0n) is 17.3. The third-order valence-corrected chi connectivity index (χ3v) is 5.44. The van der Waals surface area contributed by atoms with E-state index in [1.165, 1.54) is 12.1 Å². The van der Waals surface area contributed by atoms with Crippen LogP contribution in [-0.2, 0) is 16.4 Å². The molecule has 3 rings (SSSR count). The summed E-state index contributed by atoms with van der Waals surface area (Å²) in [6.45, 7) is 4.63. The van der Waals surface area contributed by atoms with Crippen LogP contribution in [0.3, 0.4) is 0 Å². The number of hydrogen-bond donors (Lipinski definition) is 3. The highest BCUT2D eigenvalue weighted by atomic mass is 32.2. The summed E-state index contributed by atoms with van der Waals surface area (Å²) in [7, 11) is -3.79. The van der Waals surface area contributed by atoms with Gasteiger partial charge < -0.3 is 20.9 Å². The van der Waals surface area contributed by atoms with Crippen LogP contribution in [0.5, 0.6) is 11.5 Å². The molecule has 31 heavy (non-hydrogen) atoms. The Labute approximate surface area is 181 Å². The number of aromatic nitrogens is 2. The van der Waals surface area contributed by atoms with E-state index in [1.54, 1.807) is 18.3 Å². The lowest BCUT2D eigenvalue weighted by Gasteiger charge is -2.18. The zero-order valence-corrected chi connectivity index (χ0v) is 18.1. The fourth-order valence-corrected chi connectivity index (χ4v) is 3.69. The fraction of sp³-hybridized carbons (Fsp3) is 0.238. The molecule has 2 aromatic carbocycles. The number of nitrogens with two attached hydrogens (primary N) is 3. The standard InChI is InChI=1S/C21H25N5O4S/c1-3-29-17-10-13(9-15-12-25-21(23)26-20(15)22)11-18(30-4-2)19(17)14-5-7-16(8-6-14)31(24,27)28/h5-8,10-12H,3-4,9H2,1-2H3,(H2,24,27,28)(H4,22,23,25,26). The molecule has 0 radical (unpaired) electrons. The molecule has 0 fully saturated rings. The number of sulfonamides is 1. The maximum atomic E-state index is 11.6. The molecule has 0 spiro atoms. The van der Waals surface area contributed by atoms with Crippen LogP contribution in [0.25, 0.3) is 11.1 Å². The van der Waals surface area contributed by atoms with Crippen molar-refractivity contribution in [3.63, 3.8) is 0 Å². The highest BCUT2D eigenvalue weighted by Gasteiger charge is 2.18. The van der Waals surface area contributed by atoms with Crippen LogP contribution in [0.2, 0.25) is 0 Å². The van der Waals surface area contributed by atoms with Gasteiger partial charge in [-0.25, -0.2) is 18.5 Å². The molecule has 3 aromatic rings. The molecule has 0 saturated heterocycles. The maximum Gasteiger partial charge on any atom is 0.238 e. The van der Waals surface area contributed by atoms with Crippen LogP contribution in [0.15, 0.2) is 47.5 Å². The number of primary sulfonamides is 1. The summed E-state index contributed by atoms with van der Waals surface area (Å²) in [4.78, 5) is 8.04. The Morgan fingerprint density at radius 3 is 2.03 bits per heavy atom. The Morgan fingerprint density at radius 1 is 0.968 bits per heavy atom. The largest absolute Gasteiger partial charge is 0.493 e. The first-order valence-corrected chi connectivity index (χ1v) is 11.2. The molecule has 164 valence electrons. The van der Waals surface area contributed by atoms with E-state index in [-0.39, 0.29) is 10.8 Å². The second-order valence-electron chi connectivity index (χ2n) is 6.72. The predicted molar refractivity (Wildman–Crippen MR) is 119 cm³/mol. The lowest BCUT2D eigenvalue weighted by atomic mass is 9.98. The Morgan fingerprint density at radius 2 is 1.55 bits per heavy atom. The minimum absolute atomic E-state index is 0.0302. The van der Waals surface area contributed by atoms with E-state index in [9.17, 15) is 8.42 Å². The Hall–Kier alpha value is -3.37. The van der Waals surface area contributed by atoms with Crippen LogP contribution < -0.4 is 26.1 Å². The van der Waals surface area contributed by atoms with Gasteiger partial charge >= 0.3 is 0 Å². The van der Waals surface area contributed by atoms with Gasteiger partial charge in [0, 0.05) is 18.2 Å². The number of nitrogen functional groups attached to an aromatic ring is 2. The van der Waals surface area contributed by atoms with Crippen LogP contribution in [0, 0.1) is 0 Å². The van der Waals surface area contributed by atoms with Crippen LogP contribution >= 0.6 is 0 Å². The molecular formula is C21H25N5O4S. The number of rotatable bonds is 8. The van der Waals surface area contributed by atoms with E-state index >= 15 is 0 Å². The number of hydrogen-bond acceptors (Lipinski definition) is 8.